The molecule has 1 aromatic carbocycles. The summed E-state index contributed by atoms with van der Waals surface area (Å²) in [5, 5.41) is 0. The minimum absolute atomic E-state index is 0.359. The lowest BCUT2D eigenvalue weighted by molar-refractivity contribution is 0.112. The number of benzene rings is 1. The smallest absolute Gasteiger partial charge is 0.150 e. The third-order valence-electron chi connectivity index (χ3n) is 5.34. The van der Waals surface area contributed by atoms with Crippen LogP contribution in [0, 0.1) is 0 Å². The minimum atomic E-state index is 0.359. The van der Waals surface area contributed by atoms with Crippen molar-refractivity contribution in [2.75, 3.05) is 54.4 Å². The molecule has 1 saturated heterocycles. The van der Waals surface area contributed by atoms with Crippen LogP contribution in [0.2, 0.25) is 0 Å². The Morgan fingerprint density at radius 2 is 2.00 bits per heavy atom. The monoisotopic (exact) mass is 373 g/mol. The molecule has 27 heavy (non-hydrogen) atoms. The Morgan fingerprint density at radius 3 is 2.63 bits per heavy atom. The van der Waals surface area contributed by atoms with Gasteiger partial charge in [-0.15, -0.1) is 0 Å². The fourth-order valence-electron chi connectivity index (χ4n) is 3.77. The highest BCUT2D eigenvalue weighted by molar-refractivity contribution is 5.83. The average molecular weight is 374 g/mol. The van der Waals surface area contributed by atoms with Crippen LogP contribution >= 0.6 is 0 Å². The molecule has 0 spiro atoms. The van der Waals surface area contributed by atoms with E-state index in [0.717, 1.165) is 50.9 Å². The zero-order chi connectivity index (χ0) is 19.8. The third kappa shape index (κ3) is 5.81. The van der Waals surface area contributed by atoms with Gasteiger partial charge in [0, 0.05) is 51.0 Å². The normalized spacial score (nSPS) is 18.0. The molecule has 0 amide bonds. The quantitative estimate of drug-likeness (QED) is 0.654. The van der Waals surface area contributed by atoms with Gasteiger partial charge >= 0.3 is 0 Å². The van der Waals surface area contributed by atoms with E-state index in [2.05, 4.69) is 48.8 Å². The molecule has 1 unspecified atom stereocenters. The van der Waals surface area contributed by atoms with E-state index in [0.29, 0.717) is 17.4 Å². The van der Waals surface area contributed by atoms with E-state index in [1.807, 2.05) is 18.2 Å². The summed E-state index contributed by atoms with van der Waals surface area (Å²) in [6.45, 7) is 6.69. The minimum Gasteiger partial charge on any atom is -0.497 e. The Kier molecular flexibility index (Phi) is 8.32. The number of methoxy groups -OCH3 is 1. The SMILES string of the molecule is CCCC(/C(=C/c1ccc(OC)cc1C=O)N(C)C)N1CCCN(C)CC1. The first-order valence-corrected chi connectivity index (χ1v) is 9.94. The van der Waals surface area contributed by atoms with E-state index < -0.39 is 0 Å². The number of aldehydes is 1. The van der Waals surface area contributed by atoms with Crippen LogP contribution in [-0.2, 0) is 0 Å². The zero-order valence-corrected chi connectivity index (χ0v) is 17.6. The second kappa shape index (κ2) is 10.5. The lowest BCUT2D eigenvalue weighted by atomic mass is 10.00. The highest BCUT2D eigenvalue weighted by atomic mass is 16.5. The molecule has 0 aromatic heterocycles. The Balaban J connectivity index is 2.39. The Labute approximate surface area is 164 Å². The summed E-state index contributed by atoms with van der Waals surface area (Å²) in [4.78, 5) is 18.8. The van der Waals surface area contributed by atoms with Gasteiger partial charge in [0.1, 0.15) is 5.75 Å². The predicted molar refractivity (Wildman–Crippen MR) is 112 cm³/mol. The van der Waals surface area contributed by atoms with Gasteiger partial charge in [-0.3, -0.25) is 9.69 Å². The molecule has 1 aliphatic heterocycles. The van der Waals surface area contributed by atoms with E-state index >= 15 is 0 Å². The molecule has 1 heterocycles. The van der Waals surface area contributed by atoms with Gasteiger partial charge in [0.2, 0.25) is 0 Å². The highest BCUT2D eigenvalue weighted by Crippen LogP contribution is 2.25. The molecule has 0 radical (unpaired) electrons. The molecule has 150 valence electrons. The van der Waals surface area contributed by atoms with Gasteiger partial charge in [-0.05, 0) is 50.2 Å². The molecule has 1 aromatic rings. The lowest BCUT2D eigenvalue weighted by Crippen LogP contribution is -2.42. The summed E-state index contributed by atoms with van der Waals surface area (Å²) in [7, 11) is 8.03. The average Bonchev–Trinajstić information content (AvgIpc) is 2.88. The van der Waals surface area contributed by atoms with Crippen LogP contribution in [0.15, 0.2) is 23.9 Å². The van der Waals surface area contributed by atoms with E-state index in [4.69, 9.17) is 4.74 Å². The molecule has 2 rings (SSSR count). The van der Waals surface area contributed by atoms with Crippen LogP contribution in [0.3, 0.4) is 0 Å². The molecule has 0 N–H and O–H groups in total. The molecule has 1 atom stereocenters. The van der Waals surface area contributed by atoms with Gasteiger partial charge in [0.25, 0.3) is 0 Å². The van der Waals surface area contributed by atoms with Crippen LogP contribution in [0.5, 0.6) is 5.75 Å². The highest BCUT2D eigenvalue weighted by Gasteiger charge is 2.25. The number of rotatable bonds is 8. The fraction of sp³-hybridized carbons (Fsp3) is 0.591. The maximum atomic E-state index is 11.6. The Hall–Kier alpha value is -1.85. The number of hydrogen-bond acceptors (Lipinski definition) is 5. The molecule has 5 nitrogen and oxygen atoms in total. The number of likely N-dealkylation sites (N-methyl/N-ethyl adjacent to an activating group) is 2. The summed E-state index contributed by atoms with van der Waals surface area (Å²) in [5.41, 5.74) is 2.87. The first-order chi connectivity index (χ1) is 13.0. The first-order valence-electron chi connectivity index (χ1n) is 9.94. The van der Waals surface area contributed by atoms with Crippen molar-refractivity contribution >= 4 is 12.4 Å². The second-order valence-corrected chi connectivity index (χ2v) is 7.57. The van der Waals surface area contributed by atoms with Crippen molar-refractivity contribution in [3.63, 3.8) is 0 Å². The number of hydrogen-bond donors (Lipinski definition) is 0. The van der Waals surface area contributed by atoms with Crippen molar-refractivity contribution in [1.29, 1.82) is 0 Å². The number of nitrogens with zero attached hydrogens (tertiary/aromatic N) is 3. The van der Waals surface area contributed by atoms with E-state index in [9.17, 15) is 4.79 Å². The standard InChI is InChI=1S/C22H35N3O2/c1-6-8-21(25-12-7-11-24(4)13-14-25)22(23(2)3)16-18-9-10-20(27-5)15-19(18)17-26/h9-10,15-17,21H,6-8,11-14H2,1-5H3/b22-16-. The Morgan fingerprint density at radius 1 is 1.22 bits per heavy atom. The Bertz CT molecular complexity index is 642. The molecule has 0 aliphatic carbocycles. The zero-order valence-electron chi connectivity index (χ0n) is 17.6. The third-order valence-corrected chi connectivity index (χ3v) is 5.34. The van der Waals surface area contributed by atoms with Gasteiger partial charge in [0.05, 0.1) is 7.11 Å². The van der Waals surface area contributed by atoms with E-state index in [-0.39, 0.29) is 0 Å². The summed E-state index contributed by atoms with van der Waals surface area (Å²) >= 11 is 0. The van der Waals surface area contributed by atoms with Crippen molar-refractivity contribution in [1.82, 2.24) is 14.7 Å². The van der Waals surface area contributed by atoms with Crippen molar-refractivity contribution in [2.45, 2.75) is 32.2 Å². The van der Waals surface area contributed by atoms with Crippen LogP contribution in [-0.4, -0.2) is 81.5 Å². The van der Waals surface area contributed by atoms with Gasteiger partial charge < -0.3 is 14.5 Å². The molecule has 0 saturated carbocycles. The fourth-order valence-corrected chi connectivity index (χ4v) is 3.77. The molecule has 1 fully saturated rings. The van der Waals surface area contributed by atoms with Crippen molar-refractivity contribution < 1.29 is 9.53 Å². The molecule has 1 aliphatic rings. The largest absolute Gasteiger partial charge is 0.497 e. The maximum absolute atomic E-state index is 11.6. The van der Waals surface area contributed by atoms with Gasteiger partial charge in [-0.25, -0.2) is 0 Å². The number of carbonyl (C=O) groups is 1. The molecule has 0 bridgehead atoms. The molecule has 5 heteroatoms. The topological polar surface area (TPSA) is 36.0 Å². The summed E-state index contributed by atoms with van der Waals surface area (Å²) in [6, 6.07) is 6.06. The van der Waals surface area contributed by atoms with Crippen LogP contribution in [0.4, 0.5) is 0 Å². The van der Waals surface area contributed by atoms with Crippen LogP contribution in [0.1, 0.15) is 42.1 Å². The second-order valence-electron chi connectivity index (χ2n) is 7.57. The molecular formula is C22H35N3O2. The van der Waals surface area contributed by atoms with E-state index in [1.54, 1.807) is 7.11 Å². The molecular weight excluding hydrogens is 338 g/mol. The van der Waals surface area contributed by atoms with Crippen LogP contribution < -0.4 is 4.74 Å². The van der Waals surface area contributed by atoms with Crippen molar-refractivity contribution in [2.24, 2.45) is 0 Å². The number of ether oxygens (including phenoxy) is 1. The van der Waals surface area contributed by atoms with Gasteiger partial charge in [-0.2, -0.15) is 0 Å². The van der Waals surface area contributed by atoms with Crippen LogP contribution in [0.25, 0.3) is 6.08 Å². The first kappa shape index (κ1) is 21.5. The van der Waals surface area contributed by atoms with Crippen molar-refractivity contribution in [3.05, 3.63) is 35.0 Å². The van der Waals surface area contributed by atoms with Gasteiger partial charge in [0.15, 0.2) is 6.29 Å². The predicted octanol–water partition coefficient (Wildman–Crippen LogP) is 3.22. The summed E-state index contributed by atoms with van der Waals surface area (Å²) in [5.74, 6) is 0.710. The summed E-state index contributed by atoms with van der Waals surface area (Å²) in [6.07, 6.45) is 6.53. The van der Waals surface area contributed by atoms with E-state index in [1.165, 1.54) is 12.1 Å². The van der Waals surface area contributed by atoms with Crippen molar-refractivity contribution in [3.8, 4) is 5.75 Å². The summed E-state index contributed by atoms with van der Waals surface area (Å²) < 4.78 is 5.27. The number of carbonyl (C=O) groups excluding carboxylic acids is 1. The maximum Gasteiger partial charge on any atom is 0.150 e. The van der Waals surface area contributed by atoms with Gasteiger partial charge in [-0.1, -0.05) is 19.4 Å². The lowest BCUT2D eigenvalue weighted by Gasteiger charge is -2.35.